The van der Waals surface area contributed by atoms with Crippen LogP contribution in [0.5, 0.6) is 0 Å². The van der Waals surface area contributed by atoms with E-state index in [1.807, 2.05) is 0 Å². The second-order valence-corrected chi connectivity index (χ2v) is 7.02. The fourth-order valence-electron chi connectivity index (χ4n) is 3.68. The summed E-state index contributed by atoms with van der Waals surface area (Å²) in [5.74, 6) is 0.625. The van der Waals surface area contributed by atoms with Gasteiger partial charge in [0.15, 0.2) is 0 Å². The zero-order valence-corrected chi connectivity index (χ0v) is 18.0. The van der Waals surface area contributed by atoms with Gasteiger partial charge in [0.05, 0.1) is 0 Å². The molecule has 0 nitrogen and oxygen atoms in total. The molecule has 0 fully saturated rings. The summed E-state index contributed by atoms with van der Waals surface area (Å²) in [6.07, 6.45) is 4.59. The molecule has 0 saturated heterocycles. The number of fused-ring (bicyclic) bond motifs is 1. The topological polar surface area (TPSA) is 0 Å². The molecule has 1 heteroatoms. The van der Waals surface area contributed by atoms with Crippen molar-refractivity contribution < 1.29 is 26.2 Å². The summed E-state index contributed by atoms with van der Waals surface area (Å²) >= 11 is 0. The minimum Gasteiger partial charge on any atom is -0.0648 e. The van der Waals surface area contributed by atoms with Crippen molar-refractivity contribution in [3.8, 4) is 11.1 Å². The molecule has 0 saturated carbocycles. The normalized spacial score (nSPS) is 13.5. The van der Waals surface area contributed by atoms with Gasteiger partial charge in [-0.1, -0.05) is 86.6 Å². The summed E-state index contributed by atoms with van der Waals surface area (Å²) in [7, 11) is 0. The van der Waals surface area contributed by atoms with Gasteiger partial charge >= 0.3 is 0 Å². The summed E-state index contributed by atoms with van der Waals surface area (Å²) in [6, 6.07) is 26.6. The molecule has 1 aliphatic carbocycles. The maximum atomic E-state index is 2.38. The van der Waals surface area contributed by atoms with Gasteiger partial charge in [0, 0.05) is 26.2 Å². The first-order chi connectivity index (χ1) is 12.3. The fourth-order valence-corrected chi connectivity index (χ4v) is 3.68. The third-order valence-electron chi connectivity index (χ3n) is 5.44. The first-order valence-electron chi connectivity index (χ1n) is 9.24. The van der Waals surface area contributed by atoms with Crippen molar-refractivity contribution in [2.75, 3.05) is 0 Å². The minimum absolute atomic E-state index is 0. The third-order valence-corrected chi connectivity index (χ3v) is 5.44. The van der Waals surface area contributed by atoms with Gasteiger partial charge in [-0.2, -0.15) is 0 Å². The van der Waals surface area contributed by atoms with E-state index in [9.17, 15) is 0 Å². The van der Waals surface area contributed by atoms with Crippen LogP contribution < -0.4 is 0 Å². The average Bonchev–Trinajstić information content (AvgIpc) is 3.12. The molecule has 0 aromatic heterocycles. The van der Waals surface area contributed by atoms with Crippen LogP contribution in [0.25, 0.3) is 22.8 Å². The Bertz CT molecular complexity index is 905. The molecule has 0 bridgehead atoms. The van der Waals surface area contributed by atoms with E-state index in [2.05, 4.69) is 92.7 Å². The van der Waals surface area contributed by atoms with Gasteiger partial charge in [-0.3, -0.25) is 0 Å². The Morgan fingerprint density at radius 3 is 2.23 bits per heavy atom. The second-order valence-electron chi connectivity index (χ2n) is 7.02. The number of rotatable bonds is 4. The molecule has 4 rings (SSSR count). The molecule has 0 radical (unpaired) electrons. The summed E-state index contributed by atoms with van der Waals surface area (Å²) < 4.78 is 0. The van der Waals surface area contributed by atoms with Crippen molar-refractivity contribution in [1.82, 2.24) is 0 Å². The first-order valence-corrected chi connectivity index (χ1v) is 9.24. The summed E-state index contributed by atoms with van der Waals surface area (Å²) in [4.78, 5) is 0. The number of allylic oxidation sites excluding steroid dienone is 1. The van der Waals surface area contributed by atoms with Crippen molar-refractivity contribution in [3.05, 3.63) is 95.1 Å². The molecule has 0 amide bonds. The summed E-state index contributed by atoms with van der Waals surface area (Å²) in [5, 5.41) is 0. The maximum absolute atomic E-state index is 2.38. The van der Waals surface area contributed by atoms with Gasteiger partial charge in [-0.05, 0) is 63.8 Å². The van der Waals surface area contributed by atoms with E-state index in [1.54, 1.807) is 0 Å². The predicted octanol–water partition coefficient (Wildman–Crippen LogP) is 6.96. The Morgan fingerprint density at radius 2 is 1.54 bits per heavy atom. The largest absolute Gasteiger partial charge is 0.0648 e. The van der Waals surface area contributed by atoms with E-state index in [1.165, 1.54) is 45.4 Å². The zero-order valence-electron chi connectivity index (χ0n) is 15.5. The van der Waals surface area contributed by atoms with Crippen molar-refractivity contribution in [3.63, 3.8) is 0 Å². The quantitative estimate of drug-likeness (QED) is 0.432. The predicted molar refractivity (Wildman–Crippen MR) is 109 cm³/mol. The van der Waals surface area contributed by atoms with Crippen LogP contribution in [0.4, 0.5) is 0 Å². The smallest absolute Gasteiger partial charge is 0 e. The van der Waals surface area contributed by atoms with Crippen molar-refractivity contribution >= 4 is 11.6 Å². The molecule has 1 atom stereocenters. The van der Waals surface area contributed by atoms with Crippen LogP contribution in [0.1, 0.15) is 48.4 Å². The molecule has 0 aliphatic heterocycles. The SMILES string of the molecule is CCC(C)c1ccc(-c2cccc3c2C=C(c2ccccc2)C3)cc1.[Zr]. The fraction of sp³-hybridized carbons (Fsp3) is 0.200. The van der Waals surface area contributed by atoms with Gasteiger partial charge < -0.3 is 0 Å². The maximum Gasteiger partial charge on any atom is 0 e. The molecular formula is C25H24Zr. The summed E-state index contributed by atoms with van der Waals surface area (Å²) in [5.41, 5.74) is 9.66. The van der Waals surface area contributed by atoms with Gasteiger partial charge in [0.1, 0.15) is 0 Å². The van der Waals surface area contributed by atoms with Crippen LogP contribution in [0.15, 0.2) is 72.8 Å². The Labute approximate surface area is 176 Å². The van der Waals surface area contributed by atoms with Crippen LogP contribution in [0.2, 0.25) is 0 Å². The van der Waals surface area contributed by atoms with E-state index < -0.39 is 0 Å². The Morgan fingerprint density at radius 1 is 0.808 bits per heavy atom. The van der Waals surface area contributed by atoms with Gasteiger partial charge in [-0.15, -0.1) is 0 Å². The van der Waals surface area contributed by atoms with Crippen LogP contribution in [0.3, 0.4) is 0 Å². The van der Waals surface area contributed by atoms with E-state index in [0.717, 1.165) is 6.42 Å². The first kappa shape index (κ1) is 19.1. The number of hydrogen-bond acceptors (Lipinski definition) is 0. The molecule has 3 aromatic rings. The molecule has 128 valence electrons. The summed E-state index contributed by atoms with van der Waals surface area (Å²) in [6.45, 7) is 4.54. The van der Waals surface area contributed by atoms with E-state index in [-0.39, 0.29) is 26.2 Å². The molecule has 3 aromatic carbocycles. The van der Waals surface area contributed by atoms with Crippen LogP contribution in [0, 0.1) is 0 Å². The van der Waals surface area contributed by atoms with E-state index >= 15 is 0 Å². The molecule has 1 aliphatic rings. The monoisotopic (exact) mass is 414 g/mol. The average molecular weight is 416 g/mol. The molecule has 1 unspecified atom stereocenters. The van der Waals surface area contributed by atoms with Crippen molar-refractivity contribution in [1.29, 1.82) is 0 Å². The Kier molecular flexibility index (Phi) is 6.10. The second kappa shape index (κ2) is 8.32. The van der Waals surface area contributed by atoms with Crippen LogP contribution in [-0.4, -0.2) is 0 Å². The Hall–Kier alpha value is -1.72. The number of benzene rings is 3. The zero-order chi connectivity index (χ0) is 17.2. The minimum atomic E-state index is 0. The van der Waals surface area contributed by atoms with E-state index in [4.69, 9.17) is 0 Å². The molecule has 0 N–H and O–H groups in total. The van der Waals surface area contributed by atoms with Crippen molar-refractivity contribution in [2.45, 2.75) is 32.6 Å². The van der Waals surface area contributed by atoms with Gasteiger partial charge in [0.25, 0.3) is 0 Å². The Balaban J connectivity index is 0.00000196. The van der Waals surface area contributed by atoms with Crippen molar-refractivity contribution in [2.24, 2.45) is 0 Å². The molecule has 26 heavy (non-hydrogen) atoms. The van der Waals surface area contributed by atoms with Gasteiger partial charge in [-0.25, -0.2) is 0 Å². The van der Waals surface area contributed by atoms with Crippen LogP contribution >= 0.6 is 0 Å². The molecule has 0 spiro atoms. The van der Waals surface area contributed by atoms with Crippen LogP contribution in [-0.2, 0) is 32.6 Å². The third kappa shape index (κ3) is 3.69. The molecular weight excluding hydrogens is 391 g/mol. The van der Waals surface area contributed by atoms with Gasteiger partial charge in [0.2, 0.25) is 0 Å². The number of hydrogen-bond donors (Lipinski definition) is 0. The van der Waals surface area contributed by atoms with E-state index in [0.29, 0.717) is 5.92 Å². The standard InChI is InChI=1S/C25H24.Zr/c1-3-18(2)19-12-14-21(15-13-19)24-11-7-10-22-16-23(17-25(22)24)20-8-5-4-6-9-20;/h4-15,17-18H,3,16H2,1-2H3;. The molecule has 0 heterocycles.